The molecule has 2 amide bonds. The monoisotopic (exact) mass is 464 g/mol. The van der Waals surface area contributed by atoms with Crippen LogP contribution in [0.3, 0.4) is 0 Å². The van der Waals surface area contributed by atoms with Gasteiger partial charge in [-0.25, -0.2) is 14.3 Å². The Balaban J connectivity index is 2.20. The lowest BCUT2D eigenvalue weighted by atomic mass is 10.1. The molecule has 13 heteroatoms. The number of carbonyl (C=O) groups is 2. The third kappa shape index (κ3) is 6.26. The second-order valence-electron chi connectivity index (χ2n) is 6.38. The van der Waals surface area contributed by atoms with Gasteiger partial charge in [-0.1, -0.05) is 25.4 Å². The molecule has 0 radical (unpaired) electrons. The average Bonchev–Trinajstić information content (AvgIpc) is 2.72. The summed E-state index contributed by atoms with van der Waals surface area (Å²) in [4.78, 5) is 34.8. The van der Waals surface area contributed by atoms with Gasteiger partial charge in [-0.3, -0.25) is 20.3 Å². The number of hydrazone groups is 1. The maximum Gasteiger partial charge on any atom is 0.414 e. The highest BCUT2D eigenvalue weighted by molar-refractivity contribution is 6.46. The van der Waals surface area contributed by atoms with Crippen LogP contribution in [0.5, 0.6) is 11.6 Å². The van der Waals surface area contributed by atoms with Crippen LogP contribution in [0.4, 0.5) is 14.9 Å². The Morgan fingerprint density at radius 1 is 1.38 bits per heavy atom. The summed E-state index contributed by atoms with van der Waals surface area (Å²) < 4.78 is 24.5. The number of nitrogens with one attached hydrogen (secondary N) is 3. The molecule has 168 valence electrons. The van der Waals surface area contributed by atoms with E-state index < -0.39 is 29.1 Å². The summed E-state index contributed by atoms with van der Waals surface area (Å²) in [5.41, 5.74) is 1.56. The molecule has 1 heterocycles. The van der Waals surface area contributed by atoms with Crippen LogP contribution < -0.4 is 21.0 Å². The first-order valence-electron chi connectivity index (χ1n) is 9.14. The van der Waals surface area contributed by atoms with Crippen LogP contribution in [0, 0.1) is 17.1 Å². The van der Waals surface area contributed by atoms with Crippen molar-refractivity contribution >= 4 is 35.0 Å². The second-order valence-corrected chi connectivity index (χ2v) is 6.78. The number of aromatic amines is 1. The molecule has 0 saturated carbocycles. The molecule has 0 saturated heterocycles. The summed E-state index contributed by atoms with van der Waals surface area (Å²) in [6, 6.07) is 5.02. The number of amides is 2. The van der Waals surface area contributed by atoms with Gasteiger partial charge in [0.05, 0.1) is 17.3 Å². The van der Waals surface area contributed by atoms with Crippen molar-refractivity contribution in [1.82, 2.24) is 15.5 Å². The molecule has 2 aromatic rings. The minimum absolute atomic E-state index is 0.0196. The topological polar surface area (TPSA) is 159 Å². The van der Waals surface area contributed by atoms with E-state index in [1.165, 1.54) is 25.1 Å². The zero-order chi connectivity index (χ0) is 23.8. The Bertz CT molecular complexity index is 1130. The summed E-state index contributed by atoms with van der Waals surface area (Å²) in [6.07, 6.45) is -1.05. The zero-order valence-corrected chi connectivity index (χ0v) is 17.9. The summed E-state index contributed by atoms with van der Waals surface area (Å²) >= 11 is 6.07. The molecule has 0 unspecified atom stereocenters. The lowest BCUT2D eigenvalue weighted by Gasteiger charge is -2.11. The van der Waals surface area contributed by atoms with Gasteiger partial charge in [0.25, 0.3) is 11.5 Å². The molecule has 0 aliphatic carbocycles. The van der Waals surface area contributed by atoms with Gasteiger partial charge in [0.2, 0.25) is 11.6 Å². The van der Waals surface area contributed by atoms with E-state index in [9.17, 15) is 18.8 Å². The molecule has 1 aromatic heterocycles. The first-order chi connectivity index (χ1) is 15.2. The Kier molecular flexibility index (Phi) is 8.25. The third-order valence-corrected chi connectivity index (χ3v) is 4.03. The smallest absolute Gasteiger partial charge is 0.414 e. The van der Waals surface area contributed by atoms with Crippen molar-refractivity contribution in [2.75, 3.05) is 12.0 Å². The number of alkyl carbamates (subject to hydrolysis) is 1. The fourth-order valence-corrected chi connectivity index (χ4v) is 2.52. The highest BCUT2D eigenvalue weighted by Gasteiger charge is 2.17. The van der Waals surface area contributed by atoms with E-state index in [2.05, 4.69) is 25.5 Å². The van der Waals surface area contributed by atoms with E-state index >= 15 is 0 Å². The van der Waals surface area contributed by atoms with Gasteiger partial charge in [0.15, 0.2) is 11.6 Å². The van der Waals surface area contributed by atoms with Crippen molar-refractivity contribution < 1.29 is 23.5 Å². The van der Waals surface area contributed by atoms with Crippen LogP contribution in [0.1, 0.15) is 32.3 Å². The van der Waals surface area contributed by atoms with Crippen molar-refractivity contribution in [1.29, 1.82) is 5.26 Å². The number of imide groups is 1. The summed E-state index contributed by atoms with van der Waals surface area (Å²) in [6.45, 7) is 5.15. The predicted molar refractivity (Wildman–Crippen MR) is 112 cm³/mol. The molecule has 0 bridgehead atoms. The average molecular weight is 465 g/mol. The van der Waals surface area contributed by atoms with E-state index in [1.807, 2.05) is 0 Å². The van der Waals surface area contributed by atoms with Gasteiger partial charge in [-0.15, -0.1) is 5.10 Å². The molecule has 0 aliphatic rings. The van der Waals surface area contributed by atoms with Gasteiger partial charge in [0, 0.05) is 17.7 Å². The molecular weight excluding hydrogens is 447 g/mol. The van der Waals surface area contributed by atoms with Gasteiger partial charge in [0.1, 0.15) is 6.07 Å². The number of hydrogen-bond acceptors (Lipinski definition) is 9. The van der Waals surface area contributed by atoms with Crippen LogP contribution in [0.15, 0.2) is 28.1 Å². The molecule has 0 atom stereocenters. The normalized spacial score (nSPS) is 11.0. The number of carbonyl (C=O) groups excluding carboxylic acids is 2. The summed E-state index contributed by atoms with van der Waals surface area (Å²) in [5, 5.41) is 20.1. The standard InChI is InChI=1S/C19H18ClFN6O5/c1-4-31-19(30)23-18(29)14(8-22)25-24-10-5-12(20)16(13(21)6-10)32-15-7-11(9(2)3)17(28)27-26-15/h5-7,9,24H,4H2,1-3H3,(H,27,28)(H,23,29,30)/b25-14-. The lowest BCUT2D eigenvalue weighted by Crippen LogP contribution is -2.36. The molecule has 3 N–H and O–H groups in total. The zero-order valence-electron chi connectivity index (χ0n) is 17.2. The lowest BCUT2D eigenvalue weighted by molar-refractivity contribution is -0.114. The number of nitriles is 1. The van der Waals surface area contributed by atoms with E-state index in [-0.39, 0.29) is 34.9 Å². The first-order valence-corrected chi connectivity index (χ1v) is 9.52. The second kappa shape index (κ2) is 10.9. The molecule has 0 aliphatic heterocycles. The fourth-order valence-electron chi connectivity index (χ4n) is 2.27. The Labute approximate surface area is 186 Å². The molecule has 0 spiro atoms. The molecule has 2 rings (SSSR count). The number of anilines is 1. The van der Waals surface area contributed by atoms with Gasteiger partial charge >= 0.3 is 6.09 Å². The Hall–Kier alpha value is -3.98. The molecule has 0 fully saturated rings. The predicted octanol–water partition coefficient (Wildman–Crippen LogP) is 3.04. The third-order valence-electron chi connectivity index (χ3n) is 3.74. The highest BCUT2D eigenvalue weighted by Crippen LogP contribution is 2.34. The molecule has 11 nitrogen and oxygen atoms in total. The number of halogens is 2. The molecular formula is C19H18ClFN6O5. The van der Waals surface area contributed by atoms with E-state index in [4.69, 9.17) is 21.6 Å². The fraction of sp³-hybridized carbons (Fsp3) is 0.263. The van der Waals surface area contributed by atoms with Crippen molar-refractivity contribution in [3.8, 4) is 17.7 Å². The van der Waals surface area contributed by atoms with Gasteiger partial charge in [-0.2, -0.15) is 10.4 Å². The van der Waals surface area contributed by atoms with Gasteiger partial charge < -0.3 is 9.47 Å². The summed E-state index contributed by atoms with van der Waals surface area (Å²) in [7, 11) is 0. The van der Waals surface area contributed by atoms with Crippen LogP contribution in [0.2, 0.25) is 5.02 Å². The largest absolute Gasteiger partial charge is 0.450 e. The number of aromatic nitrogens is 2. The SMILES string of the molecule is CCOC(=O)NC(=O)/C(C#N)=N\Nc1cc(F)c(Oc2cc(C(C)C)c(=O)[nH]n2)c(Cl)c1. The number of benzene rings is 1. The molecule has 1 aromatic carbocycles. The maximum atomic E-state index is 14.6. The van der Waals surface area contributed by atoms with Crippen molar-refractivity contribution in [3.63, 3.8) is 0 Å². The van der Waals surface area contributed by atoms with Crippen molar-refractivity contribution in [2.24, 2.45) is 5.10 Å². The minimum Gasteiger partial charge on any atom is -0.450 e. The van der Waals surface area contributed by atoms with Crippen molar-refractivity contribution in [2.45, 2.75) is 26.7 Å². The number of rotatable bonds is 7. The van der Waals surface area contributed by atoms with Crippen LogP contribution in [-0.2, 0) is 9.53 Å². The maximum absolute atomic E-state index is 14.6. The Morgan fingerprint density at radius 2 is 2.09 bits per heavy atom. The van der Waals surface area contributed by atoms with E-state index in [0.717, 1.165) is 6.07 Å². The van der Waals surface area contributed by atoms with Crippen LogP contribution in [-0.4, -0.2) is 34.5 Å². The quantitative estimate of drug-likeness (QED) is 0.416. The number of hydrogen-bond donors (Lipinski definition) is 3. The number of nitrogens with zero attached hydrogens (tertiary/aromatic N) is 3. The minimum atomic E-state index is -1.12. The van der Waals surface area contributed by atoms with Crippen LogP contribution >= 0.6 is 11.6 Å². The van der Waals surface area contributed by atoms with E-state index in [0.29, 0.717) is 5.56 Å². The van der Waals surface area contributed by atoms with Crippen LogP contribution in [0.25, 0.3) is 0 Å². The van der Waals surface area contributed by atoms with Gasteiger partial charge in [-0.05, 0) is 18.9 Å². The number of ether oxygens (including phenoxy) is 2. The number of H-pyrrole nitrogens is 1. The van der Waals surface area contributed by atoms with Crippen molar-refractivity contribution in [3.05, 3.63) is 45.0 Å². The Morgan fingerprint density at radius 3 is 2.69 bits per heavy atom. The van der Waals surface area contributed by atoms with E-state index in [1.54, 1.807) is 19.2 Å². The summed E-state index contributed by atoms with van der Waals surface area (Å²) in [5.74, 6) is -2.59. The molecule has 32 heavy (non-hydrogen) atoms. The highest BCUT2D eigenvalue weighted by atomic mass is 35.5. The first kappa shape index (κ1) is 24.3.